The maximum Gasteiger partial charge on any atom is 0.255 e. The number of nitrogens with one attached hydrogen (secondary N) is 1. The fourth-order valence-electron chi connectivity index (χ4n) is 3.54. The summed E-state index contributed by atoms with van der Waals surface area (Å²) in [5, 5.41) is 3.65. The number of hydrogen-bond donors (Lipinski definition) is 1. The van der Waals surface area contributed by atoms with Crippen LogP contribution in [0, 0.1) is 6.92 Å². The van der Waals surface area contributed by atoms with E-state index < -0.39 is 0 Å². The molecule has 156 valence electrons. The van der Waals surface area contributed by atoms with E-state index in [1.165, 1.54) is 0 Å². The highest BCUT2D eigenvalue weighted by Crippen LogP contribution is 2.25. The lowest BCUT2D eigenvalue weighted by Crippen LogP contribution is -2.38. The van der Waals surface area contributed by atoms with E-state index in [4.69, 9.17) is 9.72 Å². The second kappa shape index (κ2) is 9.39. The van der Waals surface area contributed by atoms with Gasteiger partial charge in [0.25, 0.3) is 5.91 Å². The summed E-state index contributed by atoms with van der Waals surface area (Å²) in [5.41, 5.74) is 3.80. The number of aryl methyl sites for hydroxylation is 1. The number of pyridine rings is 1. The van der Waals surface area contributed by atoms with Crippen LogP contribution < -0.4 is 10.1 Å². The van der Waals surface area contributed by atoms with Crippen molar-refractivity contribution in [1.29, 1.82) is 0 Å². The van der Waals surface area contributed by atoms with Gasteiger partial charge in [-0.05, 0) is 44.0 Å². The van der Waals surface area contributed by atoms with Gasteiger partial charge >= 0.3 is 0 Å². The van der Waals surface area contributed by atoms with Crippen LogP contribution in [0.4, 0.5) is 5.69 Å². The highest BCUT2D eigenvalue weighted by atomic mass is 16.5. The second-order valence-corrected chi connectivity index (χ2v) is 7.03. The molecular formula is C24H27N3O3. The number of hydrogen-bond acceptors (Lipinski definition) is 4. The second-order valence-electron chi connectivity index (χ2n) is 7.03. The van der Waals surface area contributed by atoms with Crippen molar-refractivity contribution in [2.24, 2.45) is 0 Å². The summed E-state index contributed by atoms with van der Waals surface area (Å²) in [7, 11) is 1.57. The van der Waals surface area contributed by atoms with Crippen molar-refractivity contribution in [2.75, 3.05) is 25.5 Å². The quantitative estimate of drug-likeness (QED) is 0.639. The van der Waals surface area contributed by atoms with Crippen molar-refractivity contribution >= 4 is 28.4 Å². The average Bonchev–Trinajstić information content (AvgIpc) is 2.76. The number of rotatable bonds is 7. The summed E-state index contributed by atoms with van der Waals surface area (Å²) >= 11 is 0. The Balaban J connectivity index is 1.87. The minimum Gasteiger partial charge on any atom is -0.497 e. The number of para-hydroxylation sites is 1. The molecule has 0 spiro atoms. The summed E-state index contributed by atoms with van der Waals surface area (Å²) in [6.07, 6.45) is 0.736. The third kappa shape index (κ3) is 4.43. The van der Waals surface area contributed by atoms with Gasteiger partial charge in [0.15, 0.2) is 0 Å². The first kappa shape index (κ1) is 21.3. The Bertz CT molecular complexity index is 1080. The summed E-state index contributed by atoms with van der Waals surface area (Å²) in [6, 6.07) is 14.8. The third-order valence-electron chi connectivity index (χ3n) is 5.14. The molecule has 0 aliphatic heterocycles. The standard InChI is InChI=1S/C24H27N3O3/c1-5-20-16(3)23(19-12-7-8-13-21(19)26-20)24(29)27(6-2)15-22(28)25-17-10-9-11-18(14-17)30-4/h7-14H,5-6,15H2,1-4H3,(H,25,28). The molecule has 1 N–H and O–H groups in total. The smallest absolute Gasteiger partial charge is 0.255 e. The lowest BCUT2D eigenvalue weighted by molar-refractivity contribution is -0.116. The maximum absolute atomic E-state index is 13.5. The zero-order valence-corrected chi connectivity index (χ0v) is 17.9. The number of ether oxygens (including phenoxy) is 1. The monoisotopic (exact) mass is 405 g/mol. The van der Waals surface area contributed by atoms with Gasteiger partial charge in [-0.1, -0.05) is 31.2 Å². The predicted octanol–water partition coefficient (Wildman–Crippen LogP) is 4.22. The molecule has 0 saturated heterocycles. The molecule has 6 nitrogen and oxygen atoms in total. The van der Waals surface area contributed by atoms with Crippen molar-refractivity contribution in [2.45, 2.75) is 27.2 Å². The first-order valence-corrected chi connectivity index (χ1v) is 10.1. The minimum atomic E-state index is -0.259. The first-order valence-electron chi connectivity index (χ1n) is 10.1. The highest BCUT2D eigenvalue weighted by molar-refractivity contribution is 6.09. The van der Waals surface area contributed by atoms with E-state index in [2.05, 4.69) is 5.32 Å². The summed E-state index contributed by atoms with van der Waals surface area (Å²) in [6.45, 7) is 6.20. The largest absolute Gasteiger partial charge is 0.497 e. The van der Waals surface area contributed by atoms with Gasteiger partial charge in [-0.2, -0.15) is 0 Å². The molecule has 2 amide bonds. The van der Waals surface area contributed by atoms with Crippen LogP contribution in [-0.2, 0) is 11.2 Å². The Morgan fingerprint density at radius 2 is 1.87 bits per heavy atom. The number of carbonyl (C=O) groups is 2. The van der Waals surface area contributed by atoms with Gasteiger partial charge in [-0.15, -0.1) is 0 Å². The summed E-state index contributed by atoms with van der Waals surface area (Å²) < 4.78 is 5.19. The number of nitrogens with zero attached hydrogens (tertiary/aromatic N) is 2. The van der Waals surface area contributed by atoms with Crippen LogP contribution in [0.15, 0.2) is 48.5 Å². The van der Waals surface area contributed by atoms with Crippen LogP contribution in [0.5, 0.6) is 5.75 Å². The van der Waals surface area contributed by atoms with Crippen LogP contribution in [0.2, 0.25) is 0 Å². The van der Waals surface area contributed by atoms with Crippen molar-refractivity contribution in [3.8, 4) is 5.75 Å². The van der Waals surface area contributed by atoms with E-state index in [1.54, 1.807) is 36.3 Å². The number of carbonyl (C=O) groups excluding carboxylic acids is 2. The zero-order chi connectivity index (χ0) is 21.7. The van der Waals surface area contributed by atoms with E-state index >= 15 is 0 Å². The van der Waals surface area contributed by atoms with Gasteiger partial charge in [-0.25, -0.2) is 0 Å². The van der Waals surface area contributed by atoms with E-state index in [1.807, 2.05) is 45.0 Å². The Labute approximate surface area is 176 Å². The third-order valence-corrected chi connectivity index (χ3v) is 5.14. The highest BCUT2D eigenvalue weighted by Gasteiger charge is 2.23. The Kier molecular flexibility index (Phi) is 6.67. The predicted molar refractivity (Wildman–Crippen MR) is 119 cm³/mol. The van der Waals surface area contributed by atoms with Crippen LogP contribution in [0.3, 0.4) is 0 Å². The van der Waals surface area contributed by atoms with E-state index in [0.717, 1.165) is 28.6 Å². The number of fused-ring (bicyclic) bond motifs is 1. The lowest BCUT2D eigenvalue weighted by atomic mass is 9.99. The van der Waals surface area contributed by atoms with Crippen molar-refractivity contribution in [1.82, 2.24) is 9.88 Å². The number of anilines is 1. The van der Waals surface area contributed by atoms with Gasteiger partial charge in [-0.3, -0.25) is 14.6 Å². The van der Waals surface area contributed by atoms with Gasteiger partial charge in [0.05, 0.1) is 18.2 Å². The molecule has 1 aromatic heterocycles. The van der Waals surface area contributed by atoms with Crippen LogP contribution >= 0.6 is 0 Å². The molecule has 0 radical (unpaired) electrons. The molecular weight excluding hydrogens is 378 g/mol. The molecule has 3 rings (SSSR count). The Morgan fingerprint density at radius 3 is 2.57 bits per heavy atom. The van der Waals surface area contributed by atoms with Crippen LogP contribution in [0.25, 0.3) is 10.9 Å². The fourth-order valence-corrected chi connectivity index (χ4v) is 3.54. The van der Waals surface area contributed by atoms with Crippen molar-refractivity contribution < 1.29 is 14.3 Å². The van der Waals surface area contributed by atoms with E-state index in [-0.39, 0.29) is 18.4 Å². The molecule has 0 atom stereocenters. The van der Waals surface area contributed by atoms with Gasteiger partial charge < -0.3 is 15.0 Å². The molecule has 0 aliphatic carbocycles. The lowest BCUT2D eigenvalue weighted by Gasteiger charge is -2.23. The SMILES string of the molecule is CCc1nc2ccccc2c(C(=O)N(CC)CC(=O)Nc2cccc(OC)c2)c1C. The summed E-state index contributed by atoms with van der Waals surface area (Å²) in [5.74, 6) is 0.233. The Hall–Kier alpha value is -3.41. The van der Waals surface area contributed by atoms with Crippen LogP contribution in [-0.4, -0.2) is 41.9 Å². The molecule has 2 aromatic carbocycles. The van der Waals surface area contributed by atoms with Gasteiger partial charge in [0.1, 0.15) is 12.3 Å². The number of aromatic nitrogens is 1. The molecule has 0 aliphatic rings. The molecule has 0 saturated carbocycles. The topological polar surface area (TPSA) is 71.5 Å². The normalized spacial score (nSPS) is 10.7. The Morgan fingerprint density at radius 1 is 1.10 bits per heavy atom. The molecule has 6 heteroatoms. The average molecular weight is 405 g/mol. The molecule has 3 aromatic rings. The van der Waals surface area contributed by atoms with Crippen LogP contribution in [0.1, 0.15) is 35.5 Å². The molecule has 0 unspecified atom stereocenters. The molecule has 30 heavy (non-hydrogen) atoms. The number of benzene rings is 2. The number of amides is 2. The van der Waals surface area contributed by atoms with Crippen molar-refractivity contribution in [3.05, 3.63) is 65.4 Å². The number of methoxy groups -OCH3 is 1. The van der Waals surface area contributed by atoms with Gasteiger partial charge in [0, 0.05) is 29.4 Å². The van der Waals surface area contributed by atoms with E-state index in [9.17, 15) is 9.59 Å². The fraction of sp³-hybridized carbons (Fsp3) is 0.292. The molecule has 1 heterocycles. The molecule has 0 fully saturated rings. The maximum atomic E-state index is 13.5. The minimum absolute atomic E-state index is 0.0376. The van der Waals surface area contributed by atoms with E-state index in [0.29, 0.717) is 23.5 Å². The number of likely N-dealkylation sites (N-methyl/N-ethyl adjacent to an activating group) is 1. The first-order chi connectivity index (χ1) is 14.5. The zero-order valence-electron chi connectivity index (χ0n) is 17.9. The molecule has 0 bridgehead atoms. The van der Waals surface area contributed by atoms with Crippen molar-refractivity contribution in [3.63, 3.8) is 0 Å². The summed E-state index contributed by atoms with van der Waals surface area (Å²) in [4.78, 5) is 32.3. The van der Waals surface area contributed by atoms with Gasteiger partial charge in [0.2, 0.25) is 5.91 Å².